The first-order valence-electron chi connectivity index (χ1n) is 8.65. The number of nitrogens with zero attached hydrogens (tertiary/aromatic N) is 2. The van der Waals surface area contributed by atoms with Gasteiger partial charge in [0.1, 0.15) is 11.6 Å². The third-order valence-electron chi connectivity index (χ3n) is 4.11. The number of anilines is 2. The summed E-state index contributed by atoms with van der Waals surface area (Å²) in [6.45, 7) is 5.16. The van der Waals surface area contributed by atoms with Crippen molar-refractivity contribution in [3.8, 4) is 0 Å². The summed E-state index contributed by atoms with van der Waals surface area (Å²) < 4.78 is 24.6. The number of nitrogens with one attached hydrogen (secondary N) is 1. The van der Waals surface area contributed by atoms with Gasteiger partial charge in [-0.05, 0) is 36.8 Å². The lowest BCUT2D eigenvalue weighted by molar-refractivity contribution is 0.0526. The summed E-state index contributed by atoms with van der Waals surface area (Å²) in [7, 11) is 0. The van der Waals surface area contributed by atoms with Crippen LogP contribution < -0.4 is 10.2 Å². The normalized spacial score (nSPS) is 14.2. The molecule has 0 aliphatic carbocycles. The average Bonchev–Trinajstić information content (AvgIpc) is 2.68. The summed E-state index contributed by atoms with van der Waals surface area (Å²) in [5.74, 6) is -0.0279. The fraction of sp³-hybridized carbons (Fsp3) is 0.368. The van der Waals surface area contributed by atoms with Crippen LogP contribution in [0.2, 0.25) is 0 Å². The van der Waals surface area contributed by atoms with Gasteiger partial charge >= 0.3 is 5.97 Å². The van der Waals surface area contributed by atoms with Crippen LogP contribution in [0.5, 0.6) is 0 Å². The van der Waals surface area contributed by atoms with E-state index in [0.29, 0.717) is 56.5 Å². The molecule has 0 radical (unpaired) electrons. The first-order chi connectivity index (χ1) is 12.7. The van der Waals surface area contributed by atoms with Crippen molar-refractivity contribution in [2.45, 2.75) is 13.5 Å². The number of benzene rings is 1. The van der Waals surface area contributed by atoms with Gasteiger partial charge in [0.25, 0.3) is 0 Å². The molecule has 3 rings (SSSR count). The largest absolute Gasteiger partial charge is 0.462 e. The molecule has 1 aromatic carbocycles. The van der Waals surface area contributed by atoms with Gasteiger partial charge < -0.3 is 19.7 Å². The number of esters is 1. The molecule has 1 N–H and O–H groups in total. The van der Waals surface area contributed by atoms with Gasteiger partial charge in [0.2, 0.25) is 0 Å². The lowest BCUT2D eigenvalue weighted by Crippen LogP contribution is -2.36. The zero-order chi connectivity index (χ0) is 18.4. The zero-order valence-corrected chi connectivity index (χ0v) is 14.7. The van der Waals surface area contributed by atoms with Gasteiger partial charge in [-0.3, -0.25) is 0 Å². The molecule has 2 heterocycles. The van der Waals surface area contributed by atoms with Crippen molar-refractivity contribution in [3.63, 3.8) is 0 Å². The Labute approximate surface area is 151 Å². The number of rotatable bonds is 6. The maximum absolute atomic E-state index is 14.4. The Morgan fingerprint density at radius 2 is 2.12 bits per heavy atom. The second-order valence-electron chi connectivity index (χ2n) is 5.89. The Kier molecular flexibility index (Phi) is 6.01. The van der Waals surface area contributed by atoms with E-state index in [1.165, 1.54) is 12.3 Å². The summed E-state index contributed by atoms with van der Waals surface area (Å²) in [5.41, 5.74) is 1.82. The van der Waals surface area contributed by atoms with Crippen LogP contribution in [-0.4, -0.2) is 43.9 Å². The molecule has 0 unspecified atom stereocenters. The van der Waals surface area contributed by atoms with Gasteiger partial charge in [-0.1, -0.05) is 6.07 Å². The van der Waals surface area contributed by atoms with Gasteiger partial charge in [0.05, 0.1) is 31.1 Å². The quantitative estimate of drug-likeness (QED) is 0.800. The van der Waals surface area contributed by atoms with Gasteiger partial charge in [-0.15, -0.1) is 0 Å². The van der Waals surface area contributed by atoms with E-state index in [9.17, 15) is 9.18 Å². The lowest BCUT2D eigenvalue weighted by atomic mass is 10.1. The molecule has 2 aromatic rings. The van der Waals surface area contributed by atoms with Gasteiger partial charge in [0, 0.05) is 25.8 Å². The Hall–Kier alpha value is -2.67. The van der Waals surface area contributed by atoms with Crippen LogP contribution >= 0.6 is 0 Å². The van der Waals surface area contributed by atoms with E-state index >= 15 is 0 Å². The minimum absolute atomic E-state index is 0.239. The van der Waals surface area contributed by atoms with E-state index in [4.69, 9.17) is 9.47 Å². The van der Waals surface area contributed by atoms with E-state index in [2.05, 4.69) is 10.3 Å². The molecule has 1 aromatic heterocycles. The van der Waals surface area contributed by atoms with Crippen molar-refractivity contribution in [2.75, 3.05) is 43.1 Å². The summed E-state index contributed by atoms with van der Waals surface area (Å²) in [5, 5.41) is 3.12. The number of halogens is 1. The van der Waals surface area contributed by atoms with Crippen molar-refractivity contribution in [2.24, 2.45) is 0 Å². The molecule has 1 aliphatic heterocycles. The number of ether oxygens (including phenoxy) is 2. The highest BCUT2D eigenvalue weighted by Gasteiger charge is 2.15. The molecule has 0 amide bonds. The fourth-order valence-corrected chi connectivity index (χ4v) is 2.75. The number of carbonyl (C=O) groups excluding carboxylic acids is 1. The topological polar surface area (TPSA) is 63.7 Å². The highest BCUT2D eigenvalue weighted by molar-refractivity contribution is 5.89. The van der Waals surface area contributed by atoms with E-state index < -0.39 is 5.97 Å². The highest BCUT2D eigenvalue weighted by Crippen LogP contribution is 2.22. The van der Waals surface area contributed by atoms with E-state index in [1.54, 1.807) is 25.1 Å². The molecule has 0 spiro atoms. The Morgan fingerprint density at radius 1 is 1.31 bits per heavy atom. The molecule has 1 fully saturated rings. The molecule has 0 saturated carbocycles. The second kappa shape index (κ2) is 8.62. The standard InChI is InChI=1S/C19H22FN3O3/c1-2-26-19(24)15-4-6-18(22-13-15)21-12-14-3-5-17(16(20)11-14)23-7-9-25-10-8-23/h3-6,11,13H,2,7-10,12H2,1H3,(H,21,22). The summed E-state index contributed by atoms with van der Waals surface area (Å²) >= 11 is 0. The Bertz CT molecular complexity index is 746. The van der Waals surface area contributed by atoms with Crippen LogP contribution in [0.15, 0.2) is 36.5 Å². The summed E-state index contributed by atoms with van der Waals surface area (Å²) in [4.78, 5) is 17.8. The highest BCUT2D eigenvalue weighted by atomic mass is 19.1. The van der Waals surface area contributed by atoms with Crippen molar-refractivity contribution >= 4 is 17.5 Å². The molecule has 6 nitrogen and oxygen atoms in total. The van der Waals surface area contributed by atoms with Gasteiger partial charge in [-0.25, -0.2) is 14.2 Å². The predicted octanol–water partition coefficient (Wildman–Crippen LogP) is 2.85. The van der Waals surface area contributed by atoms with Crippen molar-refractivity contribution in [3.05, 3.63) is 53.5 Å². The van der Waals surface area contributed by atoms with Crippen molar-refractivity contribution < 1.29 is 18.7 Å². The SMILES string of the molecule is CCOC(=O)c1ccc(NCc2ccc(N3CCOCC3)c(F)c2)nc1. The molecule has 0 bridgehead atoms. The number of carbonyl (C=O) groups is 1. The molecule has 1 aliphatic rings. The first kappa shape index (κ1) is 18.1. The van der Waals surface area contributed by atoms with Crippen LogP contribution in [0, 0.1) is 5.82 Å². The predicted molar refractivity (Wildman–Crippen MR) is 97.0 cm³/mol. The van der Waals surface area contributed by atoms with E-state index in [1.807, 2.05) is 11.0 Å². The van der Waals surface area contributed by atoms with E-state index in [-0.39, 0.29) is 5.82 Å². The molecule has 1 saturated heterocycles. The van der Waals surface area contributed by atoms with Crippen molar-refractivity contribution in [1.29, 1.82) is 0 Å². The Morgan fingerprint density at radius 3 is 2.77 bits per heavy atom. The molecule has 7 heteroatoms. The molecule has 0 atom stereocenters. The van der Waals surface area contributed by atoms with Crippen LogP contribution in [0.4, 0.5) is 15.9 Å². The summed E-state index contributed by atoms with van der Waals surface area (Å²) in [6.07, 6.45) is 1.46. The van der Waals surface area contributed by atoms with Crippen LogP contribution in [-0.2, 0) is 16.0 Å². The van der Waals surface area contributed by atoms with Crippen molar-refractivity contribution in [1.82, 2.24) is 4.98 Å². The third kappa shape index (κ3) is 4.49. The lowest BCUT2D eigenvalue weighted by Gasteiger charge is -2.29. The summed E-state index contributed by atoms with van der Waals surface area (Å²) in [6, 6.07) is 8.58. The van der Waals surface area contributed by atoms with Crippen LogP contribution in [0.25, 0.3) is 0 Å². The van der Waals surface area contributed by atoms with Crippen LogP contribution in [0.1, 0.15) is 22.8 Å². The van der Waals surface area contributed by atoms with Gasteiger partial charge in [-0.2, -0.15) is 0 Å². The number of hydrogen-bond acceptors (Lipinski definition) is 6. The zero-order valence-electron chi connectivity index (χ0n) is 14.7. The minimum Gasteiger partial charge on any atom is -0.462 e. The van der Waals surface area contributed by atoms with Crippen LogP contribution in [0.3, 0.4) is 0 Å². The monoisotopic (exact) mass is 359 g/mol. The molecular weight excluding hydrogens is 337 g/mol. The fourth-order valence-electron chi connectivity index (χ4n) is 2.75. The first-order valence-corrected chi connectivity index (χ1v) is 8.65. The minimum atomic E-state index is -0.396. The number of pyridine rings is 1. The molecule has 138 valence electrons. The third-order valence-corrected chi connectivity index (χ3v) is 4.11. The molecule has 26 heavy (non-hydrogen) atoms. The smallest absolute Gasteiger partial charge is 0.339 e. The molecular formula is C19H22FN3O3. The number of morpholine rings is 1. The maximum atomic E-state index is 14.4. The average molecular weight is 359 g/mol. The van der Waals surface area contributed by atoms with E-state index in [0.717, 1.165) is 5.56 Å². The second-order valence-corrected chi connectivity index (χ2v) is 5.89. The Balaban J connectivity index is 1.59. The van der Waals surface area contributed by atoms with Gasteiger partial charge in [0.15, 0.2) is 0 Å². The number of hydrogen-bond donors (Lipinski definition) is 1. The number of aromatic nitrogens is 1. The maximum Gasteiger partial charge on any atom is 0.339 e.